The van der Waals surface area contributed by atoms with Gasteiger partial charge in [-0.15, -0.1) is 12.4 Å². The Morgan fingerprint density at radius 1 is 1.19 bits per heavy atom. The van der Waals surface area contributed by atoms with Gasteiger partial charge >= 0.3 is 0 Å². The summed E-state index contributed by atoms with van der Waals surface area (Å²) in [6.07, 6.45) is 5.74. The van der Waals surface area contributed by atoms with Crippen LogP contribution in [0.15, 0.2) is 16.5 Å². The van der Waals surface area contributed by atoms with E-state index in [1.54, 1.807) is 12.1 Å². The maximum atomic E-state index is 13.3. The highest BCUT2D eigenvalue weighted by Crippen LogP contribution is 2.34. The zero-order chi connectivity index (χ0) is 21.7. The standard InChI is InChI=1S/C23H32ClN5O2.ClH/c1-14-13-27(2)7-8-29(14)23-26-21-19(9-15(24)10-20(21)31-23)22(30)25-16-11-17-5-4-6-18(12-16)28(17)3;/h9-10,14,16-18H,4-8,11-13H2,1-3H3,(H,25,30);1H/t14-,16?,17?,18?;/m0./s1. The highest BCUT2D eigenvalue weighted by Gasteiger charge is 2.37. The Morgan fingerprint density at radius 2 is 1.91 bits per heavy atom. The molecule has 3 fully saturated rings. The van der Waals surface area contributed by atoms with Gasteiger partial charge in [-0.05, 0) is 52.8 Å². The number of anilines is 1. The Kier molecular flexibility index (Phi) is 6.92. The van der Waals surface area contributed by atoms with E-state index in [1.165, 1.54) is 19.3 Å². The molecule has 0 spiro atoms. The summed E-state index contributed by atoms with van der Waals surface area (Å²) in [6, 6.07) is 5.65. The number of fused-ring (bicyclic) bond motifs is 3. The molecule has 3 saturated heterocycles. The molecule has 0 aliphatic carbocycles. The number of hydrogen-bond donors (Lipinski definition) is 1. The number of hydrogen-bond acceptors (Lipinski definition) is 6. The van der Waals surface area contributed by atoms with Crippen molar-refractivity contribution in [2.75, 3.05) is 38.6 Å². The van der Waals surface area contributed by atoms with Crippen molar-refractivity contribution >= 4 is 47.0 Å². The number of likely N-dealkylation sites (N-methyl/N-ethyl adjacent to an activating group) is 1. The molecule has 2 unspecified atom stereocenters. The second kappa shape index (κ2) is 9.37. The van der Waals surface area contributed by atoms with Gasteiger partial charge in [-0.2, -0.15) is 4.98 Å². The van der Waals surface area contributed by atoms with Crippen molar-refractivity contribution in [3.63, 3.8) is 0 Å². The second-order valence-electron chi connectivity index (χ2n) is 9.65. The van der Waals surface area contributed by atoms with Crippen LogP contribution in [0.2, 0.25) is 5.02 Å². The molecule has 0 radical (unpaired) electrons. The number of rotatable bonds is 3. The summed E-state index contributed by atoms with van der Waals surface area (Å²) in [5.41, 5.74) is 1.67. The zero-order valence-corrected chi connectivity index (χ0v) is 20.6. The van der Waals surface area contributed by atoms with Crippen LogP contribution < -0.4 is 10.2 Å². The molecular weight excluding hydrogens is 449 g/mol. The summed E-state index contributed by atoms with van der Waals surface area (Å²) >= 11 is 6.36. The molecule has 9 heteroatoms. The van der Waals surface area contributed by atoms with Gasteiger partial charge in [0, 0.05) is 54.9 Å². The number of oxazole rings is 1. The lowest BCUT2D eigenvalue weighted by molar-refractivity contribution is 0.0463. The van der Waals surface area contributed by atoms with Crippen LogP contribution in [0.3, 0.4) is 0 Å². The van der Waals surface area contributed by atoms with Crippen LogP contribution in [0.5, 0.6) is 0 Å². The van der Waals surface area contributed by atoms with Gasteiger partial charge in [0.2, 0.25) is 0 Å². The second-order valence-corrected chi connectivity index (χ2v) is 10.1. The molecule has 3 aliphatic rings. The van der Waals surface area contributed by atoms with Gasteiger partial charge in [-0.25, -0.2) is 0 Å². The maximum absolute atomic E-state index is 13.3. The van der Waals surface area contributed by atoms with Gasteiger partial charge in [-0.3, -0.25) is 4.79 Å². The molecule has 32 heavy (non-hydrogen) atoms. The summed E-state index contributed by atoms with van der Waals surface area (Å²) in [7, 11) is 4.35. The van der Waals surface area contributed by atoms with Crippen LogP contribution in [-0.4, -0.2) is 78.6 Å². The molecule has 4 heterocycles. The van der Waals surface area contributed by atoms with Crippen molar-refractivity contribution in [1.29, 1.82) is 0 Å². The third kappa shape index (κ3) is 4.45. The average molecular weight is 482 g/mol. The topological polar surface area (TPSA) is 64.8 Å². The monoisotopic (exact) mass is 481 g/mol. The van der Waals surface area contributed by atoms with Crippen molar-refractivity contribution < 1.29 is 9.21 Å². The van der Waals surface area contributed by atoms with E-state index in [-0.39, 0.29) is 30.4 Å². The number of piperidine rings is 2. The molecular formula is C23H33Cl2N5O2. The molecule has 1 N–H and O–H groups in total. The third-order valence-electron chi connectivity index (χ3n) is 7.44. The Labute approximate surface area is 200 Å². The molecule has 3 aliphatic heterocycles. The number of aromatic nitrogens is 1. The van der Waals surface area contributed by atoms with Crippen molar-refractivity contribution in [2.45, 2.75) is 63.2 Å². The summed E-state index contributed by atoms with van der Waals surface area (Å²) in [5.74, 6) is -0.105. The molecule has 1 amide bonds. The van der Waals surface area contributed by atoms with E-state index >= 15 is 0 Å². The smallest absolute Gasteiger partial charge is 0.298 e. The minimum Gasteiger partial charge on any atom is -0.423 e. The predicted molar refractivity (Wildman–Crippen MR) is 130 cm³/mol. The SMILES string of the molecule is C[C@H]1CN(C)CCN1c1nc2c(C(=O)NC3CC4CCCC(C3)N4C)cc(Cl)cc2o1.Cl. The minimum atomic E-state index is -0.105. The predicted octanol–water partition coefficient (Wildman–Crippen LogP) is 3.79. The Hall–Kier alpha value is -1.54. The van der Waals surface area contributed by atoms with E-state index in [4.69, 9.17) is 21.0 Å². The molecule has 2 bridgehead atoms. The fraction of sp³-hybridized carbons (Fsp3) is 0.652. The van der Waals surface area contributed by atoms with Crippen molar-refractivity contribution in [2.24, 2.45) is 0 Å². The highest BCUT2D eigenvalue weighted by atomic mass is 35.5. The zero-order valence-electron chi connectivity index (χ0n) is 19.0. The molecule has 7 nitrogen and oxygen atoms in total. The summed E-state index contributed by atoms with van der Waals surface area (Å²) in [4.78, 5) is 25.0. The summed E-state index contributed by atoms with van der Waals surface area (Å²) in [6.45, 7) is 4.92. The third-order valence-corrected chi connectivity index (χ3v) is 7.66. The maximum Gasteiger partial charge on any atom is 0.298 e. The van der Waals surface area contributed by atoms with Crippen molar-refractivity contribution in [1.82, 2.24) is 20.1 Å². The van der Waals surface area contributed by atoms with E-state index in [1.807, 2.05) is 0 Å². The van der Waals surface area contributed by atoms with E-state index in [0.717, 1.165) is 32.5 Å². The quantitative estimate of drug-likeness (QED) is 0.719. The molecule has 5 rings (SSSR count). The van der Waals surface area contributed by atoms with E-state index < -0.39 is 0 Å². The minimum absolute atomic E-state index is 0. The first-order chi connectivity index (χ1) is 14.9. The molecule has 0 saturated carbocycles. The highest BCUT2D eigenvalue weighted by molar-refractivity contribution is 6.32. The molecule has 1 aromatic carbocycles. The lowest BCUT2D eigenvalue weighted by atomic mass is 9.82. The van der Waals surface area contributed by atoms with Crippen molar-refractivity contribution in [3.05, 3.63) is 22.7 Å². The van der Waals surface area contributed by atoms with E-state index in [2.05, 4.69) is 41.0 Å². The fourth-order valence-corrected chi connectivity index (χ4v) is 5.91. The Bertz CT molecular complexity index is 969. The number of carbonyl (C=O) groups is 1. The number of amides is 1. The molecule has 1 aromatic heterocycles. The number of halogens is 2. The first-order valence-corrected chi connectivity index (χ1v) is 11.8. The lowest BCUT2D eigenvalue weighted by Gasteiger charge is -2.47. The van der Waals surface area contributed by atoms with Gasteiger partial charge in [0.05, 0.1) is 5.56 Å². The van der Waals surface area contributed by atoms with E-state index in [0.29, 0.717) is 39.8 Å². The fourth-order valence-electron chi connectivity index (χ4n) is 5.70. The number of carbonyl (C=O) groups excluding carboxylic acids is 1. The molecule has 3 atom stereocenters. The van der Waals surface area contributed by atoms with Crippen LogP contribution in [0.4, 0.5) is 6.01 Å². The largest absolute Gasteiger partial charge is 0.423 e. The van der Waals surface area contributed by atoms with Gasteiger partial charge in [0.15, 0.2) is 5.58 Å². The Morgan fingerprint density at radius 3 is 2.59 bits per heavy atom. The van der Waals surface area contributed by atoms with Gasteiger partial charge in [0.25, 0.3) is 11.9 Å². The number of nitrogens with zero attached hydrogens (tertiary/aromatic N) is 4. The van der Waals surface area contributed by atoms with Crippen LogP contribution in [0, 0.1) is 0 Å². The summed E-state index contributed by atoms with van der Waals surface area (Å²) < 4.78 is 6.07. The summed E-state index contributed by atoms with van der Waals surface area (Å²) in [5, 5.41) is 3.77. The van der Waals surface area contributed by atoms with Crippen LogP contribution >= 0.6 is 24.0 Å². The Balaban J connectivity index is 0.00000245. The molecule has 176 valence electrons. The van der Waals surface area contributed by atoms with Gasteiger partial charge < -0.3 is 24.4 Å². The van der Waals surface area contributed by atoms with Crippen molar-refractivity contribution in [3.8, 4) is 0 Å². The number of nitrogens with one attached hydrogen (secondary N) is 1. The van der Waals surface area contributed by atoms with Crippen LogP contribution in [0.25, 0.3) is 11.1 Å². The van der Waals surface area contributed by atoms with E-state index in [9.17, 15) is 4.79 Å². The van der Waals surface area contributed by atoms with Gasteiger partial charge in [-0.1, -0.05) is 18.0 Å². The molecule has 2 aromatic rings. The normalized spacial score (nSPS) is 29.1. The lowest BCUT2D eigenvalue weighted by Crippen LogP contribution is -2.55. The number of benzene rings is 1. The van der Waals surface area contributed by atoms with Crippen LogP contribution in [-0.2, 0) is 0 Å². The van der Waals surface area contributed by atoms with Gasteiger partial charge in [0.1, 0.15) is 5.52 Å². The van der Waals surface area contributed by atoms with Crippen LogP contribution in [0.1, 0.15) is 49.4 Å². The first-order valence-electron chi connectivity index (χ1n) is 11.5. The first kappa shape index (κ1) is 23.6. The number of piperazine rings is 1. The average Bonchev–Trinajstić information content (AvgIpc) is 3.11.